The highest BCUT2D eigenvalue weighted by Crippen LogP contribution is 2.19. The Balaban J connectivity index is 1.36. The zero-order chi connectivity index (χ0) is 24.8. The van der Waals surface area contributed by atoms with Crippen molar-refractivity contribution in [2.75, 3.05) is 45.8 Å². The van der Waals surface area contributed by atoms with Crippen LogP contribution in [0.3, 0.4) is 0 Å². The maximum Gasteiger partial charge on any atom is 0.254 e. The third-order valence-electron chi connectivity index (χ3n) is 6.79. The van der Waals surface area contributed by atoms with Gasteiger partial charge in [0.25, 0.3) is 5.91 Å². The van der Waals surface area contributed by atoms with Gasteiger partial charge in [0.2, 0.25) is 15.9 Å². The number of hydrogen-bond donors (Lipinski definition) is 1. The van der Waals surface area contributed by atoms with E-state index < -0.39 is 10.0 Å². The van der Waals surface area contributed by atoms with Gasteiger partial charge in [0.05, 0.1) is 11.4 Å². The monoisotopic (exact) mass is 498 g/mol. The van der Waals surface area contributed by atoms with Crippen LogP contribution in [0.15, 0.2) is 53.4 Å². The third kappa shape index (κ3) is 6.48. The third-order valence-corrected chi connectivity index (χ3v) is 8.18. The van der Waals surface area contributed by atoms with Crippen molar-refractivity contribution in [3.8, 4) is 0 Å². The summed E-state index contributed by atoms with van der Waals surface area (Å²) >= 11 is 0. The van der Waals surface area contributed by atoms with Gasteiger partial charge in [-0.05, 0) is 49.4 Å². The van der Waals surface area contributed by atoms with Crippen LogP contribution in [-0.4, -0.2) is 80.7 Å². The van der Waals surface area contributed by atoms with Crippen LogP contribution in [0.25, 0.3) is 0 Å². The van der Waals surface area contributed by atoms with Crippen molar-refractivity contribution in [1.29, 1.82) is 0 Å². The molecule has 0 unspecified atom stereocenters. The van der Waals surface area contributed by atoms with Gasteiger partial charge in [0.1, 0.15) is 0 Å². The van der Waals surface area contributed by atoms with E-state index >= 15 is 0 Å². The summed E-state index contributed by atoms with van der Waals surface area (Å²) in [5.74, 6) is -0.00847. The average molecular weight is 499 g/mol. The molecule has 0 saturated carbocycles. The quantitative estimate of drug-likeness (QED) is 0.633. The van der Waals surface area contributed by atoms with E-state index in [-0.39, 0.29) is 23.3 Å². The summed E-state index contributed by atoms with van der Waals surface area (Å²) in [5, 5.41) is 0. The molecule has 35 heavy (non-hydrogen) atoms. The number of benzene rings is 2. The fraction of sp³-hybridized carbons (Fsp3) is 0.462. The van der Waals surface area contributed by atoms with E-state index in [4.69, 9.17) is 0 Å². The van der Waals surface area contributed by atoms with Crippen LogP contribution in [0.5, 0.6) is 0 Å². The molecule has 9 heteroatoms. The molecule has 2 heterocycles. The number of rotatable bonds is 7. The second kappa shape index (κ2) is 11.3. The van der Waals surface area contributed by atoms with Crippen LogP contribution in [-0.2, 0) is 21.4 Å². The van der Waals surface area contributed by atoms with Gasteiger partial charge >= 0.3 is 0 Å². The van der Waals surface area contributed by atoms with Crippen LogP contribution >= 0.6 is 0 Å². The predicted octanol–water partition coefficient (Wildman–Crippen LogP) is 2.24. The van der Waals surface area contributed by atoms with E-state index in [0.717, 1.165) is 37.1 Å². The molecule has 8 nitrogen and oxygen atoms in total. The first-order chi connectivity index (χ1) is 16.8. The molecule has 0 atom stereocenters. The van der Waals surface area contributed by atoms with E-state index in [2.05, 4.69) is 9.62 Å². The molecule has 0 bridgehead atoms. The highest BCUT2D eigenvalue weighted by molar-refractivity contribution is 7.89. The van der Waals surface area contributed by atoms with E-state index in [1.165, 1.54) is 18.6 Å². The average Bonchev–Trinajstić information content (AvgIpc) is 2.89. The lowest BCUT2D eigenvalue weighted by Gasteiger charge is -2.36. The second-order valence-electron chi connectivity index (χ2n) is 9.30. The fourth-order valence-corrected chi connectivity index (χ4v) is 5.61. The van der Waals surface area contributed by atoms with Gasteiger partial charge in [-0.3, -0.25) is 14.5 Å². The number of hydrogen-bond acceptors (Lipinski definition) is 5. The zero-order valence-electron chi connectivity index (χ0n) is 20.3. The molecule has 2 aliphatic rings. The van der Waals surface area contributed by atoms with E-state index in [9.17, 15) is 18.0 Å². The molecule has 0 spiro atoms. The minimum Gasteiger partial charge on any atom is -0.342 e. The molecule has 1 N–H and O–H groups in total. The Morgan fingerprint density at radius 2 is 1.54 bits per heavy atom. The van der Waals surface area contributed by atoms with Crippen molar-refractivity contribution >= 4 is 21.8 Å². The molecule has 0 aliphatic carbocycles. The maximum absolute atomic E-state index is 13.3. The molecule has 2 aliphatic heterocycles. The summed E-state index contributed by atoms with van der Waals surface area (Å²) in [6.07, 6.45) is 3.34. The molecule has 188 valence electrons. The lowest BCUT2D eigenvalue weighted by molar-refractivity contribution is -0.133. The number of likely N-dealkylation sites (tertiary alicyclic amines) is 1. The first kappa shape index (κ1) is 25.3. The first-order valence-electron chi connectivity index (χ1n) is 12.3. The van der Waals surface area contributed by atoms with Crippen LogP contribution in [0, 0.1) is 6.92 Å². The number of nitrogens with one attached hydrogen (secondary N) is 1. The van der Waals surface area contributed by atoms with E-state index in [1.54, 1.807) is 11.0 Å². The van der Waals surface area contributed by atoms with Crippen molar-refractivity contribution in [1.82, 2.24) is 19.4 Å². The second-order valence-corrected chi connectivity index (χ2v) is 11.1. The SMILES string of the molecule is Cc1ccc(S(=O)(=O)NCc2ccccc2)cc1C(=O)N1CCN(CC(=O)N2CCCCC2)CC1. The molecule has 2 aromatic carbocycles. The van der Waals surface area contributed by atoms with Crippen molar-refractivity contribution in [2.24, 2.45) is 0 Å². The minimum absolute atomic E-state index is 0.0770. The number of aryl methyl sites for hydroxylation is 1. The molecular weight excluding hydrogens is 464 g/mol. The Morgan fingerprint density at radius 1 is 0.857 bits per heavy atom. The molecule has 0 aromatic heterocycles. The number of carbonyl (C=O) groups excluding carboxylic acids is 2. The standard InChI is InChI=1S/C26H34N4O4S/c1-21-10-11-23(35(33,34)27-19-22-8-4-2-5-9-22)18-24(21)26(32)30-16-14-28(15-17-30)20-25(31)29-12-6-3-7-13-29/h2,4-5,8-11,18,27H,3,6-7,12-17,19-20H2,1H3. The molecule has 2 amide bonds. The number of carbonyl (C=O) groups is 2. The summed E-state index contributed by atoms with van der Waals surface area (Å²) in [7, 11) is -3.77. The summed E-state index contributed by atoms with van der Waals surface area (Å²) < 4.78 is 28.3. The molecular formula is C26H34N4O4S. The number of piperidine rings is 1. The summed E-state index contributed by atoms with van der Waals surface area (Å²) in [5.41, 5.74) is 1.99. The Bertz CT molecular complexity index is 1140. The minimum atomic E-state index is -3.77. The van der Waals surface area contributed by atoms with Gasteiger partial charge < -0.3 is 9.80 Å². The molecule has 0 radical (unpaired) electrons. The summed E-state index contributed by atoms with van der Waals surface area (Å²) in [6.45, 7) is 6.34. The Kier molecular flexibility index (Phi) is 8.20. The first-order valence-corrected chi connectivity index (χ1v) is 13.8. The summed E-state index contributed by atoms with van der Waals surface area (Å²) in [6, 6.07) is 14.0. The van der Waals surface area contributed by atoms with Gasteiger partial charge in [-0.25, -0.2) is 13.1 Å². The predicted molar refractivity (Wildman–Crippen MR) is 134 cm³/mol. The Morgan fingerprint density at radius 3 is 2.23 bits per heavy atom. The van der Waals surface area contributed by atoms with Crippen LogP contribution in [0.4, 0.5) is 0 Å². The molecule has 4 rings (SSSR count). The number of nitrogens with zero attached hydrogens (tertiary/aromatic N) is 3. The zero-order valence-corrected chi connectivity index (χ0v) is 21.1. The highest BCUT2D eigenvalue weighted by Gasteiger charge is 2.27. The fourth-order valence-electron chi connectivity index (χ4n) is 4.57. The van der Waals surface area contributed by atoms with Crippen molar-refractivity contribution in [2.45, 2.75) is 37.6 Å². The topological polar surface area (TPSA) is 90.0 Å². The largest absolute Gasteiger partial charge is 0.342 e. The van der Waals surface area contributed by atoms with Gasteiger partial charge in [-0.2, -0.15) is 0 Å². The molecule has 2 saturated heterocycles. The summed E-state index contributed by atoms with van der Waals surface area (Å²) in [4.78, 5) is 31.7. The number of sulfonamides is 1. The van der Waals surface area contributed by atoms with Gasteiger partial charge in [-0.15, -0.1) is 0 Å². The van der Waals surface area contributed by atoms with Gasteiger partial charge in [-0.1, -0.05) is 36.4 Å². The van der Waals surface area contributed by atoms with Crippen LogP contribution < -0.4 is 4.72 Å². The lowest BCUT2D eigenvalue weighted by Crippen LogP contribution is -2.52. The lowest BCUT2D eigenvalue weighted by atomic mass is 10.1. The Labute approximate surface area is 207 Å². The van der Waals surface area contributed by atoms with Crippen LogP contribution in [0.1, 0.15) is 40.7 Å². The van der Waals surface area contributed by atoms with Crippen molar-refractivity contribution in [3.05, 3.63) is 65.2 Å². The maximum atomic E-state index is 13.3. The number of piperazine rings is 1. The van der Waals surface area contributed by atoms with E-state index in [0.29, 0.717) is 38.3 Å². The van der Waals surface area contributed by atoms with Gasteiger partial charge in [0, 0.05) is 51.4 Å². The van der Waals surface area contributed by atoms with Crippen LogP contribution in [0.2, 0.25) is 0 Å². The molecule has 2 aromatic rings. The number of amides is 2. The molecule has 2 fully saturated rings. The van der Waals surface area contributed by atoms with E-state index in [1.807, 2.05) is 42.2 Å². The Hall–Kier alpha value is -2.75. The smallest absolute Gasteiger partial charge is 0.254 e. The van der Waals surface area contributed by atoms with Crippen molar-refractivity contribution in [3.63, 3.8) is 0 Å². The van der Waals surface area contributed by atoms with Crippen molar-refractivity contribution < 1.29 is 18.0 Å². The normalized spacial score (nSPS) is 17.4. The van der Waals surface area contributed by atoms with Gasteiger partial charge in [0.15, 0.2) is 0 Å². The highest BCUT2D eigenvalue weighted by atomic mass is 32.2.